The number of hydrogen-bond donors (Lipinski definition) is 0. The van der Waals surface area contributed by atoms with Crippen LogP contribution in [0.25, 0.3) is 0 Å². The van der Waals surface area contributed by atoms with Crippen LogP contribution in [-0.4, -0.2) is 59.8 Å². The molecule has 0 saturated carbocycles. The number of nitrogens with zero attached hydrogens (tertiary/aromatic N) is 2. The van der Waals surface area contributed by atoms with Gasteiger partial charge in [-0.25, -0.2) is 0 Å². The summed E-state index contributed by atoms with van der Waals surface area (Å²) in [6.07, 6.45) is 0. The minimum Gasteiger partial charge on any atom is -0.378 e. The lowest BCUT2D eigenvalue weighted by Gasteiger charge is -2.41. The number of alkyl halides is 4. The molecule has 158 valence electrons. The molecular weight excluding hydrogens is 506 g/mol. The Kier molecular flexibility index (Phi) is 6.53. The molecule has 29 heavy (non-hydrogen) atoms. The van der Waals surface area contributed by atoms with Crippen LogP contribution in [0.5, 0.6) is 0 Å². The van der Waals surface area contributed by atoms with Crippen molar-refractivity contribution in [3.05, 3.63) is 40.6 Å². The predicted octanol–water partition coefficient (Wildman–Crippen LogP) is 3.84. The Morgan fingerprint density at radius 1 is 1.03 bits per heavy atom. The molecule has 1 aromatic carbocycles. The van der Waals surface area contributed by atoms with Gasteiger partial charge < -0.3 is 9.64 Å². The molecule has 0 atom stereocenters. The number of hydrogen-bond acceptors (Lipinski definition) is 5. The van der Waals surface area contributed by atoms with Crippen molar-refractivity contribution in [3.63, 3.8) is 0 Å². The Morgan fingerprint density at radius 3 is 2.14 bits per heavy atom. The smallest absolute Gasteiger partial charge is 0.282 e. The average Bonchev–Trinajstić information content (AvgIpc) is 2.66. The lowest BCUT2D eigenvalue weighted by atomic mass is 9.97. The minimum absolute atomic E-state index is 0.102. The molecule has 12 heteroatoms. The van der Waals surface area contributed by atoms with Crippen molar-refractivity contribution in [2.24, 2.45) is 4.40 Å². The molecule has 3 rings (SSSR count). The monoisotopic (exact) mass is 518 g/mol. The third kappa shape index (κ3) is 4.15. The number of Topliss-reactive ketones (excluding diaryl/α,β-unsaturated/α-hetero) is 1. The number of benzene rings is 1. The lowest BCUT2D eigenvalue weighted by Crippen LogP contribution is -2.57. The van der Waals surface area contributed by atoms with E-state index in [2.05, 4.69) is 4.40 Å². The van der Waals surface area contributed by atoms with Gasteiger partial charge in [0.2, 0.25) is 14.4 Å². The normalized spacial score (nSPS) is 23.6. The molecule has 6 nitrogen and oxygen atoms in total. The van der Waals surface area contributed by atoms with Crippen LogP contribution >= 0.6 is 58.0 Å². The number of carbonyl (C=O) groups excluding carboxylic acids is 1. The zero-order valence-corrected chi connectivity index (χ0v) is 19.6. The second kappa shape index (κ2) is 8.19. The van der Waals surface area contributed by atoms with Gasteiger partial charge in [-0.2, -0.15) is 12.8 Å². The van der Waals surface area contributed by atoms with Gasteiger partial charge in [0.1, 0.15) is 11.4 Å². The van der Waals surface area contributed by atoms with Crippen molar-refractivity contribution >= 4 is 79.5 Å². The van der Waals surface area contributed by atoms with Crippen molar-refractivity contribution in [1.82, 2.24) is 4.90 Å². The molecule has 0 unspecified atom stereocenters. The number of allylic oxidation sites excluding steroid dienone is 2. The summed E-state index contributed by atoms with van der Waals surface area (Å²) in [5.74, 6) is -0.843. The number of aryl methyl sites for hydroxylation is 1. The molecule has 0 N–H and O–H groups in total. The fourth-order valence-corrected chi connectivity index (χ4v) is 5.33. The topological polar surface area (TPSA) is 76.0 Å². The van der Waals surface area contributed by atoms with Crippen LogP contribution in [0, 0.1) is 6.92 Å². The zero-order chi connectivity index (χ0) is 21.6. The van der Waals surface area contributed by atoms with Crippen molar-refractivity contribution in [1.29, 1.82) is 0 Å². The van der Waals surface area contributed by atoms with Crippen LogP contribution in [0.4, 0.5) is 0 Å². The first-order valence-electron chi connectivity index (χ1n) is 8.35. The van der Waals surface area contributed by atoms with Gasteiger partial charge >= 0.3 is 0 Å². The van der Waals surface area contributed by atoms with Gasteiger partial charge in [0.15, 0.2) is 0 Å². The van der Waals surface area contributed by atoms with E-state index in [1.165, 1.54) is 12.1 Å². The van der Waals surface area contributed by atoms with E-state index in [4.69, 9.17) is 62.7 Å². The Labute approximate surface area is 193 Å². The van der Waals surface area contributed by atoms with Gasteiger partial charge in [0, 0.05) is 13.1 Å². The number of ketones is 1. The van der Waals surface area contributed by atoms with E-state index >= 15 is 0 Å². The summed E-state index contributed by atoms with van der Waals surface area (Å²) in [5, 5.41) is -0.325. The number of ether oxygens (including phenoxy) is 1. The fraction of sp³-hybridized carbons (Fsp3) is 0.412. The predicted molar refractivity (Wildman–Crippen MR) is 115 cm³/mol. The van der Waals surface area contributed by atoms with E-state index in [0.717, 1.165) is 5.56 Å². The molecule has 0 amide bonds. The molecule has 1 saturated heterocycles. The molecular formula is C17H15Cl5N2O4S. The highest BCUT2D eigenvalue weighted by atomic mass is 35.5. The number of halogens is 5. The molecule has 0 bridgehead atoms. The Morgan fingerprint density at radius 2 is 1.59 bits per heavy atom. The number of carbonyl (C=O) groups is 1. The van der Waals surface area contributed by atoms with Crippen LogP contribution in [-0.2, 0) is 19.6 Å². The van der Waals surface area contributed by atoms with Crippen LogP contribution in [0.15, 0.2) is 44.3 Å². The summed E-state index contributed by atoms with van der Waals surface area (Å²) in [6, 6.07) is 5.97. The summed E-state index contributed by atoms with van der Waals surface area (Å²) >= 11 is 31.4. The summed E-state index contributed by atoms with van der Waals surface area (Å²) in [6.45, 7) is 3.10. The number of rotatable bonds is 3. The Balaban J connectivity index is 2.20. The molecule has 1 fully saturated rings. The lowest BCUT2D eigenvalue weighted by molar-refractivity contribution is -0.118. The molecule has 2 aliphatic rings. The molecule has 0 radical (unpaired) electrons. The van der Waals surface area contributed by atoms with E-state index in [1.54, 1.807) is 24.0 Å². The molecule has 1 aromatic rings. The highest BCUT2D eigenvalue weighted by molar-refractivity contribution is 7.90. The van der Waals surface area contributed by atoms with Gasteiger partial charge in [-0.05, 0) is 19.1 Å². The van der Waals surface area contributed by atoms with Gasteiger partial charge in [-0.1, -0.05) is 75.7 Å². The zero-order valence-electron chi connectivity index (χ0n) is 15.0. The summed E-state index contributed by atoms with van der Waals surface area (Å²) in [7, 11) is -4.27. The van der Waals surface area contributed by atoms with E-state index in [0.29, 0.717) is 26.3 Å². The van der Waals surface area contributed by atoms with E-state index in [9.17, 15) is 13.2 Å². The van der Waals surface area contributed by atoms with Gasteiger partial charge in [0.25, 0.3) is 10.0 Å². The average molecular weight is 521 g/mol. The standard InChI is InChI=1S/C17H15Cl5N2O4S/c1-10-2-4-11(5-3-10)29(26,27)23-14-12(18)13(24-6-8-28-9-7-24)15(25)17(21,22)16(14,19)20/h2-5H,6-9H2,1H3/b23-14+. The summed E-state index contributed by atoms with van der Waals surface area (Å²) in [5.41, 5.74) is 0.237. The molecule has 1 aliphatic carbocycles. The van der Waals surface area contributed by atoms with Crippen molar-refractivity contribution in [3.8, 4) is 0 Å². The van der Waals surface area contributed by atoms with Crippen molar-refractivity contribution in [2.75, 3.05) is 26.3 Å². The first kappa shape index (κ1) is 23.1. The summed E-state index contributed by atoms with van der Waals surface area (Å²) < 4.78 is 29.8. The third-order valence-electron chi connectivity index (χ3n) is 4.47. The second-order valence-electron chi connectivity index (χ2n) is 6.47. The Bertz CT molecular complexity index is 997. The van der Waals surface area contributed by atoms with E-state index < -0.39 is 30.2 Å². The maximum absolute atomic E-state index is 12.9. The quantitative estimate of drug-likeness (QED) is 0.566. The minimum atomic E-state index is -4.27. The SMILES string of the molecule is Cc1ccc(S(=O)(=O)/N=C2\C(Cl)=C(N3CCOCC3)C(=O)C(Cl)(Cl)C2(Cl)Cl)cc1. The van der Waals surface area contributed by atoms with Crippen LogP contribution in [0.2, 0.25) is 0 Å². The number of sulfonamides is 1. The fourth-order valence-electron chi connectivity index (χ4n) is 2.84. The summed E-state index contributed by atoms with van der Waals surface area (Å²) in [4.78, 5) is 14.4. The first-order chi connectivity index (χ1) is 13.4. The van der Waals surface area contributed by atoms with E-state index in [1.807, 2.05) is 0 Å². The molecule has 0 spiro atoms. The van der Waals surface area contributed by atoms with Crippen molar-refractivity contribution in [2.45, 2.75) is 20.5 Å². The van der Waals surface area contributed by atoms with Crippen LogP contribution in [0.3, 0.4) is 0 Å². The number of morpholine rings is 1. The third-order valence-corrected chi connectivity index (χ3v) is 8.34. The Hall–Kier alpha value is -0.540. The van der Waals surface area contributed by atoms with Crippen LogP contribution in [0.1, 0.15) is 5.56 Å². The van der Waals surface area contributed by atoms with Gasteiger partial charge in [0.05, 0.1) is 23.1 Å². The molecule has 1 aliphatic heterocycles. The van der Waals surface area contributed by atoms with Gasteiger partial charge in [-0.3, -0.25) is 4.79 Å². The second-order valence-corrected chi connectivity index (χ2v) is 11.1. The maximum atomic E-state index is 12.9. The van der Waals surface area contributed by atoms with Gasteiger partial charge in [-0.15, -0.1) is 0 Å². The molecule has 1 heterocycles. The van der Waals surface area contributed by atoms with Crippen molar-refractivity contribution < 1.29 is 17.9 Å². The van der Waals surface area contributed by atoms with Crippen LogP contribution < -0.4 is 0 Å². The van der Waals surface area contributed by atoms with E-state index in [-0.39, 0.29) is 15.6 Å². The highest BCUT2D eigenvalue weighted by Gasteiger charge is 2.62. The maximum Gasteiger partial charge on any atom is 0.282 e. The highest BCUT2D eigenvalue weighted by Crippen LogP contribution is 2.52. The first-order valence-corrected chi connectivity index (χ1v) is 11.7. The molecule has 0 aromatic heterocycles. The largest absolute Gasteiger partial charge is 0.378 e.